The van der Waals surface area contributed by atoms with Crippen molar-refractivity contribution in [3.63, 3.8) is 0 Å². The average molecular weight is 312 g/mol. The smallest absolute Gasteiger partial charge is 0.337 e. The molecule has 3 nitrogen and oxygen atoms in total. The zero-order valence-electron chi connectivity index (χ0n) is 11.0. The third-order valence-electron chi connectivity index (χ3n) is 4.53. The molecule has 0 unspecified atom stereocenters. The van der Waals surface area contributed by atoms with Crippen molar-refractivity contribution in [3.8, 4) is 0 Å². The predicted octanol–water partition coefficient (Wildman–Crippen LogP) is 3.99. The molecular formula is C14H18BrNO2. The average Bonchev–Trinajstić information content (AvgIpc) is 2.62. The van der Waals surface area contributed by atoms with E-state index in [1.54, 1.807) is 6.07 Å². The van der Waals surface area contributed by atoms with E-state index in [1.165, 1.54) is 0 Å². The Balaban J connectivity index is 2.29. The molecule has 0 amide bonds. The van der Waals surface area contributed by atoms with Gasteiger partial charge in [0.2, 0.25) is 0 Å². The van der Waals surface area contributed by atoms with Crippen molar-refractivity contribution in [1.82, 2.24) is 0 Å². The maximum atomic E-state index is 11.2. The Morgan fingerprint density at radius 3 is 2.28 bits per heavy atom. The number of hydrogen-bond donors (Lipinski definition) is 2. The Morgan fingerprint density at radius 1 is 1.28 bits per heavy atom. The fourth-order valence-electron chi connectivity index (χ4n) is 2.53. The molecule has 0 aromatic heterocycles. The lowest BCUT2D eigenvalue weighted by Gasteiger charge is -2.11. The molecule has 0 radical (unpaired) electrons. The van der Waals surface area contributed by atoms with Crippen molar-refractivity contribution in [1.29, 1.82) is 0 Å². The largest absolute Gasteiger partial charge is 0.478 e. The number of rotatable bonds is 3. The van der Waals surface area contributed by atoms with Gasteiger partial charge in [0.15, 0.2) is 0 Å². The van der Waals surface area contributed by atoms with Crippen molar-refractivity contribution < 1.29 is 9.90 Å². The highest BCUT2D eigenvalue weighted by molar-refractivity contribution is 9.10. The van der Waals surface area contributed by atoms with Gasteiger partial charge in [0.1, 0.15) is 0 Å². The number of carboxylic acids is 1. The number of aromatic carboxylic acids is 1. The molecule has 0 atom stereocenters. The van der Waals surface area contributed by atoms with Gasteiger partial charge in [-0.3, -0.25) is 0 Å². The Hall–Kier alpha value is -1.03. The Kier molecular flexibility index (Phi) is 2.97. The Bertz CT molecular complexity index is 495. The van der Waals surface area contributed by atoms with Gasteiger partial charge in [-0.15, -0.1) is 0 Å². The first-order valence-corrected chi connectivity index (χ1v) is 6.76. The summed E-state index contributed by atoms with van der Waals surface area (Å²) in [6.45, 7) is 8.79. The van der Waals surface area contributed by atoms with E-state index in [-0.39, 0.29) is 10.8 Å². The molecule has 2 rings (SSSR count). The van der Waals surface area contributed by atoms with Crippen molar-refractivity contribution in [2.75, 3.05) is 5.32 Å². The summed E-state index contributed by atoms with van der Waals surface area (Å²) in [5.74, 6) is -0.907. The van der Waals surface area contributed by atoms with E-state index in [9.17, 15) is 9.90 Å². The van der Waals surface area contributed by atoms with Gasteiger partial charge >= 0.3 is 5.97 Å². The molecule has 1 aromatic rings. The maximum absolute atomic E-state index is 11.2. The Labute approximate surface area is 116 Å². The lowest BCUT2D eigenvalue weighted by atomic mass is 10.0. The van der Waals surface area contributed by atoms with Gasteiger partial charge in [-0.1, -0.05) is 43.6 Å². The highest BCUT2D eigenvalue weighted by Crippen LogP contribution is 2.63. The fourth-order valence-corrected chi connectivity index (χ4v) is 2.89. The lowest BCUT2D eigenvalue weighted by Crippen LogP contribution is -2.13. The van der Waals surface area contributed by atoms with Crippen LogP contribution in [0.3, 0.4) is 0 Å². The molecule has 1 aliphatic carbocycles. The van der Waals surface area contributed by atoms with E-state index < -0.39 is 5.97 Å². The molecule has 1 aromatic carbocycles. The van der Waals surface area contributed by atoms with Gasteiger partial charge in [0.05, 0.1) is 5.56 Å². The molecule has 0 saturated heterocycles. The van der Waals surface area contributed by atoms with E-state index in [1.807, 2.05) is 12.1 Å². The second-order valence-corrected chi connectivity index (χ2v) is 6.93. The van der Waals surface area contributed by atoms with E-state index in [0.29, 0.717) is 17.3 Å². The monoisotopic (exact) mass is 311 g/mol. The van der Waals surface area contributed by atoms with Crippen LogP contribution >= 0.6 is 15.9 Å². The summed E-state index contributed by atoms with van der Waals surface area (Å²) in [6, 6.07) is 5.60. The van der Waals surface area contributed by atoms with Crippen molar-refractivity contribution in [3.05, 3.63) is 28.2 Å². The molecule has 0 bridgehead atoms. The van der Waals surface area contributed by atoms with Gasteiger partial charge in [0.25, 0.3) is 0 Å². The topological polar surface area (TPSA) is 49.3 Å². The van der Waals surface area contributed by atoms with Gasteiger partial charge in [-0.05, 0) is 29.0 Å². The quantitative estimate of drug-likeness (QED) is 0.887. The molecule has 1 aliphatic rings. The van der Waals surface area contributed by atoms with Gasteiger partial charge in [-0.25, -0.2) is 4.79 Å². The van der Waals surface area contributed by atoms with E-state index >= 15 is 0 Å². The van der Waals surface area contributed by atoms with Gasteiger partial charge in [-0.2, -0.15) is 0 Å². The SMILES string of the molecule is CC1(C)C(Nc2ccc(Br)cc2C(=O)O)C1(C)C. The van der Waals surface area contributed by atoms with Crippen LogP contribution in [0, 0.1) is 10.8 Å². The summed E-state index contributed by atoms with van der Waals surface area (Å²) < 4.78 is 0.778. The van der Waals surface area contributed by atoms with Crippen LogP contribution in [0.15, 0.2) is 22.7 Å². The maximum Gasteiger partial charge on any atom is 0.337 e. The minimum Gasteiger partial charge on any atom is -0.478 e. The van der Waals surface area contributed by atoms with Crippen molar-refractivity contribution in [2.45, 2.75) is 33.7 Å². The second kappa shape index (κ2) is 3.98. The minimum atomic E-state index is -0.907. The molecule has 0 heterocycles. The predicted molar refractivity (Wildman–Crippen MR) is 76.1 cm³/mol. The number of carbonyl (C=O) groups is 1. The number of halogens is 1. The van der Waals surface area contributed by atoms with Gasteiger partial charge < -0.3 is 10.4 Å². The first-order valence-electron chi connectivity index (χ1n) is 5.97. The van der Waals surface area contributed by atoms with E-state index in [0.717, 1.165) is 4.47 Å². The molecule has 98 valence electrons. The highest BCUT2D eigenvalue weighted by atomic mass is 79.9. The summed E-state index contributed by atoms with van der Waals surface area (Å²) in [4.78, 5) is 11.2. The Morgan fingerprint density at radius 2 is 1.83 bits per heavy atom. The molecule has 0 spiro atoms. The summed E-state index contributed by atoms with van der Waals surface area (Å²) in [7, 11) is 0. The standard InChI is InChI=1S/C14H18BrNO2/c1-13(2)12(14(13,3)4)16-10-6-5-8(15)7-9(10)11(17)18/h5-7,12,16H,1-4H3,(H,17,18). The first kappa shape index (κ1) is 13.4. The molecule has 1 fully saturated rings. The molecular weight excluding hydrogens is 294 g/mol. The summed E-state index contributed by atoms with van der Waals surface area (Å²) in [6.07, 6.45) is 0. The van der Waals surface area contributed by atoms with Crippen LogP contribution < -0.4 is 5.32 Å². The summed E-state index contributed by atoms with van der Waals surface area (Å²) in [5, 5.41) is 12.6. The van der Waals surface area contributed by atoms with Crippen molar-refractivity contribution in [2.24, 2.45) is 10.8 Å². The zero-order valence-corrected chi connectivity index (χ0v) is 12.6. The van der Waals surface area contributed by atoms with E-state index in [4.69, 9.17) is 0 Å². The van der Waals surface area contributed by atoms with Crippen LogP contribution in [0.5, 0.6) is 0 Å². The number of carboxylic acid groups (broad SMARTS) is 1. The minimum absolute atomic E-state index is 0.176. The van der Waals surface area contributed by atoms with Crippen LogP contribution in [0.4, 0.5) is 5.69 Å². The highest BCUT2D eigenvalue weighted by Gasteiger charge is 2.65. The van der Waals surface area contributed by atoms with Crippen molar-refractivity contribution >= 4 is 27.6 Å². The molecule has 2 N–H and O–H groups in total. The third-order valence-corrected chi connectivity index (χ3v) is 5.03. The second-order valence-electron chi connectivity index (χ2n) is 6.02. The number of nitrogens with one attached hydrogen (secondary N) is 1. The van der Waals surface area contributed by atoms with Crippen LogP contribution in [-0.4, -0.2) is 17.1 Å². The summed E-state index contributed by atoms with van der Waals surface area (Å²) >= 11 is 3.30. The van der Waals surface area contributed by atoms with E-state index in [2.05, 4.69) is 48.9 Å². The first-order chi connectivity index (χ1) is 8.18. The van der Waals surface area contributed by atoms with Gasteiger partial charge in [0, 0.05) is 16.2 Å². The van der Waals surface area contributed by atoms with Crippen LogP contribution in [0.2, 0.25) is 0 Å². The van der Waals surface area contributed by atoms with Crippen LogP contribution in [0.1, 0.15) is 38.1 Å². The molecule has 4 heteroatoms. The number of benzene rings is 1. The normalized spacial score (nSPS) is 20.5. The fraction of sp³-hybridized carbons (Fsp3) is 0.500. The number of hydrogen-bond acceptors (Lipinski definition) is 2. The zero-order chi connectivity index (χ0) is 13.7. The summed E-state index contributed by atoms with van der Waals surface area (Å²) in [5.41, 5.74) is 1.35. The van der Waals surface area contributed by atoms with Crippen LogP contribution in [0.25, 0.3) is 0 Å². The molecule has 1 saturated carbocycles. The molecule has 18 heavy (non-hydrogen) atoms. The lowest BCUT2D eigenvalue weighted by molar-refractivity contribution is 0.0698. The molecule has 0 aliphatic heterocycles. The number of anilines is 1. The van der Waals surface area contributed by atoms with Crippen LogP contribution in [-0.2, 0) is 0 Å². The third kappa shape index (κ3) is 1.92.